The average Bonchev–Trinajstić information content (AvgIpc) is 3.55. The molecule has 3 aromatic carbocycles. The van der Waals surface area contributed by atoms with Gasteiger partial charge in [-0.3, -0.25) is 4.79 Å². The molecular weight excluding hydrogens is 693 g/mol. The van der Waals surface area contributed by atoms with Crippen LogP contribution in [0.1, 0.15) is 20.8 Å². The molecule has 256 valence electrons. The van der Waals surface area contributed by atoms with E-state index >= 15 is 0 Å². The zero-order valence-corrected chi connectivity index (χ0v) is 30.2. The van der Waals surface area contributed by atoms with E-state index in [-0.39, 0.29) is 36.3 Å². The van der Waals surface area contributed by atoms with Gasteiger partial charge in [0, 0.05) is 6.20 Å². The lowest BCUT2D eigenvalue weighted by atomic mass is 10.2. The number of hydrogen-bond acceptors (Lipinski definition) is 9. The number of carbonyl (C=O) groups excluding carboxylic acids is 1. The number of ether oxygens (including phenoxy) is 2. The number of nitrogens with one attached hydrogen (secondary N) is 1. The van der Waals surface area contributed by atoms with Crippen LogP contribution in [0.4, 0.5) is 5.82 Å². The number of anilines is 1. The Morgan fingerprint density at radius 1 is 0.860 bits per heavy atom. The van der Waals surface area contributed by atoms with Crippen LogP contribution in [0.3, 0.4) is 0 Å². The molecule has 1 atom stereocenters. The van der Waals surface area contributed by atoms with Crippen LogP contribution >= 0.6 is 23.2 Å². The molecule has 0 saturated carbocycles. The number of para-hydroxylation sites is 1. The molecule has 0 aliphatic carbocycles. The Balaban J connectivity index is 1.22. The maximum atomic E-state index is 13.6. The Hall–Kier alpha value is -4.72. The molecule has 0 saturated heterocycles. The summed E-state index contributed by atoms with van der Waals surface area (Å²) in [4.78, 5) is 26.4. The second-order valence-electron chi connectivity index (χ2n) is 12.3. The van der Waals surface area contributed by atoms with Crippen LogP contribution in [-0.2, 0) is 14.0 Å². The third-order valence-electron chi connectivity index (χ3n) is 8.04. The number of halogens is 2. The largest absolute Gasteiger partial charge is 0.460 e. The van der Waals surface area contributed by atoms with Crippen LogP contribution in [0.15, 0.2) is 110 Å². The molecule has 6 rings (SSSR count). The SMILES string of the molecule is CC(C)(C)[Si](OCCOCC(Oc1ncnc2c1nnn2-c1ccccc1Cl)C(=O)Nc1ccc(Cl)cn1)(c1ccccc1)c1ccccc1. The highest BCUT2D eigenvalue weighted by Gasteiger charge is 2.50. The minimum atomic E-state index is -2.78. The summed E-state index contributed by atoms with van der Waals surface area (Å²) in [6, 6.07) is 31.1. The van der Waals surface area contributed by atoms with Crippen molar-refractivity contribution in [2.24, 2.45) is 0 Å². The van der Waals surface area contributed by atoms with Gasteiger partial charge >= 0.3 is 0 Å². The minimum Gasteiger partial charge on any atom is -0.460 e. The molecule has 1 amide bonds. The topological polar surface area (TPSA) is 126 Å². The minimum absolute atomic E-state index is 0.0460. The Bertz CT molecular complexity index is 2010. The normalized spacial score (nSPS) is 12.5. The first-order chi connectivity index (χ1) is 24.2. The summed E-state index contributed by atoms with van der Waals surface area (Å²) in [7, 11) is -2.78. The molecule has 1 N–H and O–H groups in total. The fourth-order valence-corrected chi connectivity index (χ4v) is 10.6. The van der Waals surface area contributed by atoms with Gasteiger partial charge in [-0.05, 0) is 39.7 Å². The molecule has 0 spiro atoms. The van der Waals surface area contributed by atoms with Crippen LogP contribution in [-0.4, -0.2) is 70.1 Å². The van der Waals surface area contributed by atoms with Crippen molar-refractivity contribution in [2.45, 2.75) is 31.9 Å². The molecule has 0 aliphatic rings. The van der Waals surface area contributed by atoms with Gasteiger partial charge in [-0.25, -0.2) is 9.97 Å². The van der Waals surface area contributed by atoms with Gasteiger partial charge in [0.05, 0.1) is 35.6 Å². The highest BCUT2D eigenvalue weighted by atomic mass is 35.5. The van der Waals surface area contributed by atoms with E-state index in [4.69, 9.17) is 37.1 Å². The second-order valence-corrected chi connectivity index (χ2v) is 17.5. The molecule has 50 heavy (non-hydrogen) atoms. The van der Waals surface area contributed by atoms with Crippen LogP contribution in [0, 0.1) is 0 Å². The predicted molar refractivity (Wildman–Crippen MR) is 196 cm³/mol. The quantitative estimate of drug-likeness (QED) is 0.114. The third kappa shape index (κ3) is 7.54. The summed E-state index contributed by atoms with van der Waals surface area (Å²) in [5, 5.41) is 14.3. The summed E-state index contributed by atoms with van der Waals surface area (Å²) in [5.74, 6) is -0.178. The molecule has 0 aliphatic heterocycles. The number of amides is 1. The highest BCUT2D eigenvalue weighted by Crippen LogP contribution is 2.36. The van der Waals surface area contributed by atoms with Gasteiger partial charge in [-0.15, -0.1) is 5.10 Å². The van der Waals surface area contributed by atoms with Crippen LogP contribution in [0.5, 0.6) is 5.88 Å². The Morgan fingerprint density at radius 2 is 1.54 bits per heavy atom. The zero-order valence-electron chi connectivity index (χ0n) is 27.7. The standard InChI is InChI=1S/C36H35Cl2N7O4Si/c1-36(2,3)50(26-12-6-4-7-13-26,27-14-8-5-9-15-27)48-21-20-47-23-30(34(46)42-31-19-18-25(37)22-39-31)49-35-32-33(40-24-41-35)45(44-43-32)29-17-11-10-16-28(29)38/h4-19,22,24,30H,20-21,23H2,1-3H3,(H,39,42,46). The lowest BCUT2D eigenvalue weighted by molar-refractivity contribution is -0.125. The monoisotopic (exact) mass is 727 g/mol. The van der Waals surface area contributed by atoms with Crippen molar-refractivity contribution < 1.29 is 18.7 Å². The smallest absolute Gasteiger partial charge is 0.269 e. The molecule has 6 aromatic rings. The molecule has 3 aromatic heterocycles. The van der Waals surface area contributed by atoms with Crippen molar-refractivity contribution in [1.29, 1.82) is 0 Å². The van der Waals surface area contributed by atoms with E-state index in [1.54, 1.807) is 24.3 Å². The summed E-state index contributed by atoms with van der Waals surface area (Å²) in [6.07, 6.45) is 1.58. The number of fused-ring (bicyclic) bond motifs is 1. The van der Waals surface area contributed by atoms with Gasteiger partial charge in [0.25, 0.3) is 14.2 Å². The summed E-state index contributed by atoms with van der Waals surface area (Å²) >= 11 is 12.4. The fourth-order valence-electron chi connectivity index (χ4n) is 5.76. The fraction of sp³-hybridized carbons (Fsp3) is 0.222. The molecule has 1 unspecified atom stereocenters. The van der Waals surface area contributed by atoms with E-state index in [2.05, 4.69) is 75.6 Å². The zero-order chi connectivity index (χ0) is 35.1. The maximum absolute atomic E-state index is 13.6. The number of pyridine rings is 1. The lowest BCUT2D eigenvalue weighted by Gasteiger charge is -2.43. The number of nitrogens with zero attached hydrogens (tertiary/aromatic N) is 6. The molecule has 0 fully saturated rings. The van der Waals surface area contributed by atoms with Gasteiger partial charge in [0.15, 0.2) is 11.2 Å². The van der Waals surface area contributed by atoms with Gasteiger partial charge in [0.2, 0.25) is 12.0 Å². The molecule has 0 bridgehead atoms. The van der Waals surface area contributed by atoms with Gasteiger partial charge < -0.3 is 19.2 Å². The molecule has 3 heterocycles. The molecular formula is C36H35Cl2N7O4Si. The molecule has 14 heteroatoms. The molecule has 11 nitrogen and oxygen atoms in total. The summed E-state index contributed by atoms with van der Waals surface area (Å²) in [6.45, 7) is 6.98. The van der Waals surface area contributed by atoms with Crippen molar-refractivity contribution in [3.63, 3.8) is 0 Å². The number of benzene rings is 3. The van der Waals surface area contributed by atoms with E-state index in [1.165, 1.54) is 17.2 Å². The Morgan fingerprint density at radius 3 is 2.18 bits per heavy atom. The Labute approximate surface area is 300 Å². The highest BCUT2D eigenvalue weighted by molar-refractivity contribution is 6.99. The average molecular weight is 729 g/mol. The van der Waals surface area contributed by atoms with Crippen molar-refractivity contribution in [2.75, 3.05) is 25.1 Å². The van der Waals surface area contributed by atoms with Crippen molar-refractivity contribution in [1.82, 2.24) is 29.9 Å². The summed E-state index contributed by atoms with van der Waals surface area (Å²) < 4.78 is 20.7. The number of hydrogen-bond donors (Lipinski definition) is 1. The van der Waals surface area contributed by atoms with Gasteiger partial charge in [0.1, 0.15) is 12.1 Å². The first kappa shape index (κ1) is 35.1. The van der Waals surface area contributed by atoms with E-state index in [0.717, 1.165) is 10.4 Å². The van der Waals surface area contributed by atoms with E-state index in [0.29, 0.717) is 27.2 Å². The van der Waals surface area contributed by atoms with Crippen LogP contribution in [0.25, 0.3) is 16.9 Å². The van der Waals surface area contributed by atoms with E-state index < -0.39 is 20.3 Å². The van der Waals surface area contributed by atoms with Gasteiger partial charge in [-0.1, -0.05) is 122 Å². The first-order valence-electron chi connectivity index (χ1n) is 15.9. The van der Waals surface area contributed by atoms with Crippen molar-refractivity contribution in [3.8, 4) is 11.6 Å². The second kappa shape index (κ2) is 15.4. The van der Waals surface area contributed by atoms with E-state index in [1.807, 2.05) is 48.5 Å². The van der Waals surface area contributed by atoms with Crippen LogP contribution in [0.2, 0.25) is 15.1 Å². The maximum Gasteiger partial charge on any atom is 0.269 e. The lowest BCUT2D eigenvalue weighted by Crippen LogP contribution is -2.66. The number of aromatic nitrogens is 6. The third-order valence-corrected chi connectivity index (χ3v) is 13.6. The van der Waals surface area contributed by atoms with Crippen molar-refractivity contribution >= 4 is 64.8 Å². The Kier molecular flexibility index (Phi) is 10.8. The summed E-state index contributed by atoms with van der Waals surface area (Å²) in [5.41, 5.74) is 1.17. The predicted octanol–water partition coefficient (Wildman–Crippen LogP) is 5.89. The number of carbonyl (C=O) groups is 1. The van der Waals surface area contributed by atoms with E-state index in [9.17, 15) is 4.79 Å². The first-order valence-corrected chi connectivity index (χ1v) is 18.6. The van der Waals surface area contributed by atoms with Crippen molar-refractivity contribution in [3.05, 3.63) is 120 Å². The van der Waals surface area contributed by atoms with Crippen LogP contribution < -0.4 is 20.4 Å². The number of rotatable bonds is 13. The van der Waals surface area contributed by atoms with Gasteiger partial charge in [-0.2, -0.15) is 9.67 Å². The molecule has 0 radical (unpaired) electrons.